The molecule has 0 bridgehead atoms. The standard InChI is InChI=1S/C19H23N5O2/c1-4-9-24-19(20-12-21-24)14(3)22-18(26)11-23-13(2)10-17(25)15-7-5-6-8-16(15)23/h5-8,10,12,14H,4,9,11H2,1-3H3,(H,22,26). The van der Waals surface area contributed by atoms with Crippen molar-refractivity contribution in [3.63, 3.8) is 0 Å². The van der Waals surface area contributed by atoms with Crippen molar-refractivity contribution in [1.29, 1.82) is 0 Å². The third kappa shape index (κ3) is 3.51. The van der Waals surface area contributed by atoms with Crippen molar-refractivity contribution in [3.8, 4) is 0 Å². The molecule has 7 heteroatoms. The molecule has 0 saturated carbocycles. The zero-order valence-electron chi connectivity index (χ0n) is 15.3. The van der Waals surface area contributed by atoms with E-state index in [1.165, 1.54) is 6.33 Å². The van der Waals surface area contributed by atoms with Crippen molar-refractivity contribution in [2.75, 3.05) is 0 Å². The molecule has 2 heterocycles. The van der Waals surface area contributed by atoms with Crippen LogP contribution in [0.5, 0.6) is 0 Å². The fourth-order valence-electron chi connectivity index (χ4n) is 3.15. The van der Waals surface area contributed by atoms with Crippen LogP contribution in [-0.4, -0.2) is 25.2 Å². The quantitative estimate of drug-likeness (QED) is 0.736. The van der Waals surface area contributed by atoms with Gasteiger partial charge in [0.15, 0.2) is 5.43 Å². The highest BCUT2D eigenvalue weighted by Gasteiger charge is 2.16. The number of rotatable bonds is 6. The molecule has 0 spiro atoms. The Bertz CT molecular complexity index is 989. The van der Waals surface area contributed by atoms with Gasteiger partial charge in [-0.1, -0.05) is 19.1 Å². The Morgan fingerprint density at radius 1 is 1.31 bits per heavy atom. The van der Waals surface area contributed by atoms with E-state index >= 15 is 0 Å². The zero-order chi connectivity index (χ0) is 18.7. The van der Waals surface area contributed by atoms with Gasteiger partial charge >= 0.3 is 0 Å². The molecule has 1 atom stereocenters. The lowest BCUT2D eigenvalue weighted by Gasteiger charge is -2.17. The lowest BCUT2D eigenvalue weighted by atomic mass is 10.2. The molecule has 1 N–H and O–H groups in total. The first-order valence-electron chi connectivity index (χ1n) is 8.77. The second kappa shape index (κ2) is 7.51. The van der Waals surface area contributed by atoms with Gasteiger partial charge in [-0.05, 0) is 32.4 Å². The summed E-state index contributed by atoms with van der Waals surface area (Å²) >= 11 is 0. The minimum Gasteiger partial charge on any atom is -0.345 e. The average Bonchev–Trinajstić information content (AvgIpc) is 3.07. The van der Waals surface area contributed by atoms with Gasteiger partial charge < -0.3 is 9.88 Å². The van der Waals surface area contributed by atoms with E-state index in [0.717, 1.165) is 30.0 Å². The molecule has 136 valence electrons. The summed E-state index contributed by atoms with van der Waals surface area (Å²) in [6, 6.07) is 8.65. The van der Waals surface area contributed by atoms with Gasteiger partial charge in [0, 0.05) is 23.7 Å². The van der Waals surface area contributed by atoms with Crippen molar-refractivity contribution in [3.05, 3.63) is 58.4 Å². The molecule has 0 aliphatic heterocycles. The summed E-state index contributed by atoms with van der Waals surface area (Å²) in [6.45, 7) is 6.70. The van der Waals surface area contributed by atoms with E-state index in [1.54, 1.807) is 12.1 Å². The van der Waals surface area contributed by atoms with Gasteiger partial charge in [0.25, 0.3) is 0 Å². The molecule has 3 aromatic rings. The van der Waals surface area contributed by atoms with Crippen LogP contribution < -0.4 is 10.7 Å². The topological polar surface area (TPSA) is 81.8 Å². The second-order valence-electron chi connectivity index (χ2n) is 6.38. The Hall–Kier alpha value is -2.96. The number of carbonyl (C=O) groups is 1. The van der Waals surface area contributed by atoms with Crippen molar-refractivity contribution in [2.45, 2.75) is 46.3 Å². The van der Waals surface area contributed by atoms with Crippen LogP contribution in [0.4, 0.5) is 0 Å². The molecule has 0 fully saturated rings. The first-order valence-corrected chi connectivity index (χ1v) is 8.77. The van der Waals surface area contributed by atoms with Crippen LogP contribution in [0.3, 0.4) is 0 Å². The molecule has 0 aliphatic carbocycles. The Morgan fingerprint density at radius 3 is 2.85 bits per heavy atom. The number of nitrogens with one attached hydrogen (secondary N) is 1. The first kappa shape index (κ1) is 17.8. The summed E-state index contributed by atoms with van der Waals surface area (Å²) in [4.78, 5) is 29.0. The molecule has 26 heavy (non-hydrogen) atoms. The molecular formula is C19H23N5O2. The predicted octanol–water partition coefficient (Wildman–Crippen LogP) is 2.19. The summed E-state index contributed by atoms with van der Waals surface area (Å²) < 4.78 is 3.67. The molecular weight excluding hydrogens is 330 g/mol. The van der Waals surface area contributed by atoms with Crippen LogP contribution >= 0.6 is 0 Å². The molecule has 7 nitrogen and oxygen atoms in total. The lowest BCUT2D eigenvalue weighted by Crippen LogP contribution is -2.32. The number of nitrogens with zero attached hydrogens (tertiary/aromatic N) is 4. The monoisotopic (exact) mass is 353 g/mol. The Labute approximate surface area is 151 Å². The number of aryl methyl sites for hydroxylation is 2. The molecule has 3 rings (SSSR count). The average molecular weight is 353 g/mol. The van der Waals surface area contributed by atoms with Gasteiger partial charge in [-0.25, -0.2) is 9.67 Å². The zero-order valence-corrected chi connectivity index (χ0v) is 15.3. The summed E-state index contributed by atoms with van der Waals surface area (Å²) in [5.74, 6) is 0.599. The molecule has 0 saturated heterocycles. The fraction of sp³-hybridized carbons (Fsp3) is 0.368. The third-order valence-electron chi connectivity index (χ3n) is 4.37. The predicted molar refractivity (Wildman–Crippen MR) is 99.8 cm³/mol. The maximum Gasteiger partial charge on any atom is 0.240 e. The smallest absolute Gasteiger partial charge is 0.240 e. The normalized spacial score (nSPS) is 12.3. The number of para-hydroxylation sites is 1. The Morgan fingerprint density at radius 2 is 2.08 bits per heavy atom. The van der Waals surface area contributed by atoms with E-state index in [1.807, 2.05) is 41.3 Å². The van der Waals surface area contributed by atoms with Gasteiger partial charge in [0.1, 0.15) is 18.7 Å². The van der Waals surface area contributed by atoms with E-state index in [0.29, 0.717) is 5.39 Å². The van der Waals surface area contributed by atoms with Gasteiger partial charge in [-0.2, -0.15) is 5.10 Å². The molecule has 1 aromatic carbocycles. The Kier molecular flexibility index (Phi) is 5.16. The lowest BCUT2D eigenvalue weighted by molar-refractivity contribution is -0.122. The van der Waals surface area contributed by atoms with Crippen LogP contribution in [0, 0.1) is 6.92 Å². The van der Waals surface area contributed by atoms with Gasteiger partial charge in [-0.15, -0.1) is 0 Å². The van der Waals surface area contributed by atoms with Gasteiger partial charge in [0.05, 0.1) is 11.6 Å². The van der Waals surface area contributed by atoms with Crippen LogP contribution in [0.2, 0.25) is 0 Å². The summed E-state index contributed by atoms with van der Waals surface area (Å²) in [5.41, 5.74) is 1.48. The van der Waals surface area contributed by atoms with Gasteiger partial charge in [-0.3, -0.25) is 9.59 Å². The second-order valence-corrected chi connectivity index (χ2v) is 6.38. The first-order chi connectivity index (χ1) is 12.5. The number of aromatic nitrogens is 4. The number of carbonyl (C=O) groups excluding carboxylic acids is 1. The van der Waals surface area contributed by atoms with Crippen molar-refractivity contribution >= 4 is 16.8 Å². The maximum atomic E-state index is 12.6. The number of hydrogen-bond acceptors (Lipinski definition) is 4. The third-order valence-corrected chi connectivity index (χ3v) is 4.37. The van der Waals surface area contributed by atoms with E-state index in [4.69, 9.17) is 0 Å². The number of amides is 1. The minimum atomic E-state index is -0.248. The van der Waals surface area contributed by atoms with E-state index in [9.17, 15) is 9.59 Å². The van der Waals surface area contributed by atoms with Crippen LogP contribution in [0.25, 0.3) is 10.9 Å². The summed E-state index contributed by atoms with van der Waals surface area (Å²) in [5, 5.41) is 7.78. The summed E-state index contributed by atoms with van der Waals surface area (Å²) in [7, 11) is 0. The van der Waals surface area contributed by atoms with Crippen molar-refractivity contribution in [2.24, 2.45) is 0 Å². The fourth-order valence-corrected chi connectivity index (χ4v) is 3.15. The largest absolute Gasteiger partial charge is 0.345 e. The minimum absolute atomic E-state index is 0.0317. The van der Waals surface area contributed by atoms with Crippen LogP contribution in [0.15, 0.2) is 41.5 Å². The SMILES string of the molecule is CCCn1ncnc1C(C)NC(=O)Cn1c(C)cc(=O)c2ccccc21. The maximum absolute atomic E-state index is 12.6. The number of fused-ring (bicyclic) bond motifs is 1. The van der Waals surface area contributed by atoms with Crippen molar-refractivity contribution < 1.29 is 4.79 Å². The molecule has 1 unspecified atom stereocenters. The molecule has 2 aromatic heterocycles. The highest BCUT2D eigenvalue weighted by Crippen LogP contribution is 2.13. The van der Waals surface area contributed by atoms with E-state index in [2.05, 4.69) is 22.3 Å². The Balaban J connectivity index is 1.81. The van der Waals surface area contributed by atoms with Gasteiger partial charge in [0.2, 0.25) is 5.91 Å². The summed E-state index contributed by atoms with van der Waals surface area (Å²) in [6.07, 6.45) is 2.45. The van der Waals surface area contributed by atoms with Crippen LogP contribution in [-0.2, 0) is 17.9 Å². The molecule has 0 aliphatic rings. The highest BCUT2D eigenvalue weighted by molar-refractivity contribution is 5.82. The highest BCUT2D eigenvalue weighted by atomic mass is 16.2. The van der Waals surface area contributed by atoms with E-state index < -0.39 is 0 Å². The van der Waals surface area contributed by atoms with E-state index in [-0.39, 0.29) is 23.9 Å². The van der Waals surface area contributed by atoms with Crippen molar-refractivity contribution in [1.82, 2.24) is 24.6 Å². The number of hydrogen-bond donors (Lipinski definition) is 1. The number of pyridine rings is 1. The number of benzene rings is 1. The molecule has 1 amide bonds. The molecule has 0 radical (unpaired) electrons. The van der Waals surface area contributed by atoms with Crippen LogP contribution in [0.1, 0.15) is 37.8 Å².